The predicted octanol–water partition coefficient (Wildman–Crippen LogP) is 1.39. The average Bonchev–Trinajstić information content (AvgIpc) is 2.97. The van der Waals surface area contributed by atoms with Crippen molar-refractivity contribution in [3.8, 4) is 12.3 Å². The Bertz CT molecular complexity index is 568. The standard InChI is InChI=1S/C12H16N2O3S2/c1-3-6-14(19(2,15)16)8-10-9-18-12(13-10)11-5-4-7-17-11/h1,9,11H,4-8H2,2H3. The van der Waals surface area contributed by atoms with Crippen LogP contribution in [0, 0.1) is 12.3 Å². The Kier molecular flexibility index (Phi) is 4.58. The molecule has 0 amide bonds. The monoisotopic (exact) mass is 300 g/mol. The smallest absolute Gasteiger partial charge is 0.212 e. The molecular formula is C12H16N2O3S2. The van der Waals surface area contributed by atoms with E-state index in [-0.39, 0.29) is 19.2 Å². The number of nitrogens with zero attached hydrogens (tertiary/aromatic N) is 2. The van der Waals surface area contributed by atoms with Gasteiger partial charge in [0, 0.05) is 12.0 Å². The second-order valence-corrected chi connectivity index (χ2v) is 7.29. The summed E-state index contributed by atoms with van der Waals surface area (Å²) in [6, 6.07) is 0. The summed E-state index contributed by atoms with van der Waals surface area (Å²) >= 11 is 1.51. The molecule has 0 spiro atoms. The van der Waals surface area contributed by atoms with Crippen LogP contribution in [0.5, 0.6) is 0 Å². The highest BCUT2D eigenvalue weighted by Crippen LogP contribution is 2.30. The highest BCUT2D eigenvalue weighted by Gasteiger charge is 2.22. The number of rotatable bonds is 5. The maximum atomic E-state index is 11.6. The number of terminal acetylenes is 1. The van der Waals surface area contributed by atoms with Crippen LogP contribution in [0.25, 0.3) is 0 Å². The van der Waals surface area contributed by atoms with Gasteiger partial charge in [0.2, 0.25) is 10.0 Å². The Morgan fingerprint density at radius 1 is 1.68 bits per heavy atom. The minimum Gasteiger partial charge on any atom is -0.371 e. The normalized spacial score (nSPS) is 19.7. The summed E-state index contributed by atoms with van der Waals surface area (Å²) in [7, 11) is -3.31. The van der Waals surface area contributed by atoms with Crippen molar-refractivity contribution in [1.29, 1.82) is 0 Å². The van der Waals surface area contributed by atoms with Gasteiger partial charge in [-0.25, -0.2) is 13.4 Å². The minimum atomic E-state index is -3.31. The number of hydrogen-bond acceptors (Lipinski definition) is 5. The molecule has 1 aliphatic rings. The highest BCUT2D eigenvalue weighted by atomic mass is 32.2. The molecule has 0 N–H and O–H groups in total. The van der Waals surface area contributed by atoms with Gasteiger partial charge in [-0.15, -0.1) is 17.8 Å². The third-order valence-electron chi connectivity index (χ3n) is 2.85. The van der Waals surface area contributed by atoms with Gasteiger partial charge in [0.05, 0.1) is 25.0 Å². The first-order chi connectivity index (χ1) is 9.00. The molecule has 0 saturated carbocycles. The van der Waals surface area contributed by atoms with E-state index >= 15 is 0 Å². The Labute approximate surface area is 117 Å². The summed E-state index contributed by atoms with van der Waals surface area (Å²) in [5, 5.41) is 2.78. The Balaban J connectivity index is 2.08. The van der Waals surface area contributed by atoms with E-state index in [2.05, 4.69) is 10.9 Å². The van der Waals surface area contributed by atoms with Gasteiger partial charge < -0.3 is 4.74 Å². The van der Waals surface area contributed by atoms with Crippen molar-refractivity contribution in [3.05, 3.63) is 16.1 Å². The van der Waals surface area contributed by atoms with E-state index in [0.717, 1.165) is 36.4 Å². The molecule has 1 saturated heterocycles. The Morgan fingerprint density at radius 2 is 2.47 bits per heavy atom. The zero-order chi connectivity index (χ0) is 13.9. The molecule has 19 heavy (non-hydrogen) atoms. The largest absolute Gasteiger partial charge is 0.371 e. The van der Waals surface area contributed by atoms with Gasteiger partial charge in [-0.2, -0.15) is 4.31 Å². The molecule has 0 aliphatic carbocycles. The van der Waals surface area contributed by atoms with Crippen LogP contribution in [0.2, 0.25) is 0 Å². The van der Waals surface area contributed by atoms with Crippen LogP contribution < -0.4 is 0 Å². The number of sulfonamides is 1. The molecular weight excluding hydrogens is 284 g/mol. The minimum absolute atomic E-state index is 0.0611. The van der Waals surface area contributed by atoms with E-state index in [1.807, 2.05) is 5.38 Å². The number of thiazole rings is 1. The predicted molar refractivity (Wildman–Crippen MR) is 74.1 cm³/mol. The van der Waals surface area contributed by atoms with Gasteiger partial charge in [-0.3, -0.25) is 0 Å². The van der Waals surface area contributed by atoms with Crippen LogP contribution in [-0.4, -0.2) is 37.1 Å². The molecule has 5 nitrogen and oxygen atoms in total. The molecule has 1 atom stereocenters. The molecule has 0 radical (unpaired) electrons. The number of ether oxygens (including phenoxy) is 1. The molecule has 1 fully saturated rings. The SMILES string of the molecule is C#CCN(Cc1csc(C2CCCO2)n1)S(C)(=O)=O. The van der Waals surface area contributed by atoms with E-state index in [0.29, 0.717) is 0 Å². The molecule has 1 aliphatic heterocycles. The molecule has 1 unspecified atom stereocenters. The molecule has 1 aromatic rings. The quantitative estimate of drug-likeness (QED) is 0.771. The van der Waals surface area contributed by atoms with Crippen LogP contribution in [0.15, 0.2) is 5.38 Å². The van der Waals surface area contributed by atoms with Crippen molar-refractivity contribution in [2.24, 2.45) is 0 Å². The Morgan fingerprint density at radius 3 is 3.05 bits per heavy atom. The molecule has 0 aromatic carbocycles. The lowest BCUT2D eigenvalue weighted by molar-refractivity contribution is 0.111. The zero-order valence-electron chi connectivity index (χ0n) is 10.7. The van der Waals surface area contributed by atoms with Crippen molar-refractivity contribution in [1.82, 2.24) is 9.29 Å². The van der Waals surface area contributed by atoms with Crippen molar-refractivity contribution >= 4 is 21.4 Å². The molecule has 0 bridgehead atoms. The van der Waals surface area contributed by atoms with Crippen LogP contribution in [0.4, 0.5) is 0 Å². The lowest BCUT2D eigenvalue weighted by Gasteiger charge is -2.15. The molecule has 2 rings (SSSR count). The lowest BCUT2D eigenvalue weighted by atomic mass is 10.2. The summed E-state index contributed by atoms with van der Waals surface area (Å²) in [6.45, 7) is 1.05. The van der Waals surface area contributed by atoms with Gasteiger partial charge in [-0.05, 0) is 12.8 Å². The fraction of sp³-hybridized carbons (Fsp3) is 0.583. The first-order valence-electron chi connectivity index (χ1n) is 5.95. The molecule has 2 heterocycles. The second-order valence-electron chi connectivity index (χ2n) is 4.41. The fourth-order valence-electron chi connectivity index (χ4n) is 1.89. The average molecular weight is 300 g/mol. The number of hydrogen-bond donors (Lipinski definition) is 0. The molecule has 7 heteroatoms. The first-order valence-corrected chi connectivity index (χ1v) is 8.68. The van der Waals surface area contributed by atoms with E-state index < -0.39 is 10.0 Å². The zero-order valence-corrected chi connectivity index (χ0v) is 12.3. The summed E-state index contributed by atoms with van der Waals surface area (Å²) in [5.74, 6) is 2.35. The van der Waals surface area contributed by atoms with Crippen LogP contribution in [-0.2, 0) is 21.3 Å². The maximum Gasteiger partial charge on any atom is 0.212 e. The fourth-order valence-corrected chi connectivity index (χ4v) is 3.46. The summed E-state index contributed by atoms with van der Waals surface area (Å²) < 4.78 is 29.9. The van der Waals surface area contributed by atoms with Crippen molar-refractivity contribution in [2.75, 3.05) is 19.4 Å². The van der Waals surface area contributed by atoms with Crippen LogP contribution in [0.3, 0.4) is 0 Å². The number of aromatic nitrogens is 1. The van der Waals surface area contributed by atoms with Gasteiger partial charge in [0.15, 0.2) is 0 Å². The summed E-state index contributed by atoms with van der Waals surface area (Å²) in [5.41, 5.74) is 0.719. The topological polar surface area (TPSA) is 59.5 Å². The molecule has 104 valence electrons. The van der Waals surface area contributed by atoms with Crippen LogP contribution in [0.1, 0.15) is 29.6 Å². The van der Waals surface area contributed by atoms with E-state index in [9.17, 15) is 8.42 Å². The van der Waals surface area contributed by atoms with E-state index in [1.54, 1.807) is 0 Å². The van der Waals surface area contributed by atoms with Crippen molar-refractivity contribution < 1.29 is 13.2 Å². The van der Waals surface area contributed by atoms with Crippen molar-refractivity contribution in [2.45, 2.75) is 25.5 Å². The van der Waals surface area contributed by atoms with Gasteiger partial charge in [0.1, 0.15) is 11.1 Å². The lowest BCUT2D eigenvalue weighted by Crippen LogP contribution is -2.30. The summed E-state index contributed by atoms with van der Waals surface area (Å²) in [4.78, 5) is 4.45. The van der Waals surface area contributed by atoms with E-state index in [4.69, 9.17) is 11.2 Å². The van der Waals surface area contributed by atoms with Gasteiger partial charge in [0.25, 0.3) is 0 Å². The Hall–Kier alpha value is -0.940. The summed E-state index contributed by atoms with van der Waals surface area (Å²) in [6.07, 6.45) is 8.44. The first kappa shape index (κ1) is 14.5. The van der Waals surface area contributed by atoms with Gasteiger partial charge in [-0.1, -0.05) is 5.92 Å². The second kappa shape index (κ2) is 6.01. The third kappa shape index (κ3) is 3.76. The third-order valence-corrected chi connectivity index (χ3v) is 5.03. The maximum absolute atomic E-state index is 11.6. The van der Waals surface area contributed by atoms with Crippen molar-refractivity contribution in [3.63, 3.8) is 0 Å². The van der Waals surface area contributed by atoms with Crippen LogP contribution >= 0.6 is 11.3 Å². The van der Waals surface area contributed by atoms with Gasteiger partial charge >= 0.3 is 0 Å². The highest BCUT2D eigenvalue weighted by molar-refractivity contribution is 7.88. The molecule has 1 aromatic heterocycles. The van der Waals surface area contributed by atoms with E-state index in [1.165, 1.54) is 15.6 Å².